The summed E-state index contributed by atoms with van der Waals surface area (Å²) in [4.78, 5) is 45.2. The number of rotatable bonds is 3. The molecule has 1 aliphatic heterocycles. The van der Waals surface area contributed by atoms with Gasteiger partial charge in [0.25, 0.3) is 5.79 Å². The average molecular weight is 259 g/mol. The zero-order valence-electron chi connectivity index (χ0n) is 10.1. The number of ketones is 1. The molecular weight excluding hydrogens is 246 g/mol. The van der Waals surface area contributed by atoms with Crippen LogP contribution in [0, 0.1) is 5.92 Å². The summed E-state index contributed by atoms with van der Waals surface area (Å²) >= 11 is 0. The van der Waals surface area contributed by atoms with E-state index in [-0.39, 0.29) is 0 Å². The van der Waals surface area contributed by atoms with E-state index in [2.05, 4.69) is 0 Å². The van der Waals surface area contributed by atoms with Gasteiger partial charge in [-0.05, 0) is 6.92 Å². The summed E-state index contributed by atoms with van der Waals surface area (Å²) in [6, 6.07) is -1.21. The van der Waals surface area contributed by atoms with Crippen LogP contribution in [0.2, 0.25) is 0 Å². The van der Waals surface area contributed by atoms with Gasteiger partial charge >= 0.3 is 18.0 Å². The lowest BCUT2D eigenvalue weighted by atomic mass is 9.98. The van der Waals surface area contributed by atoms with Crippen molar-refractivity contribution in [2.45, 2.75) is 32.6 Å². The minimum atomic E-state index is -1.75. The van der Waals surface area contributed by atoms with Crippen LogP contribution in [0.15, 0.2) is 0 Å². The Morgan fingerprint density at radius 2 is 1.72 bits per heavy atom. The summed E-state index contributed by atoms with van der Waals surface area (Å²) < 4.78 is 9.51. The predicted molar refractivity (Wildman–Crippen MR) is 55.4 cm³/mol. The number of carbonyl (C=O) groups is 4. The van der Waals surface area contributed by atoms with Gasteiger partial charge in [-0.25, -0.2) is 4.79 Å². The van der Waals surface area contributed by atoms with Gasteiger partial charge in [0, 0.05) is 13.8 Å². The first kappa shape index (κ1) is 13.9. The Kier molecular flexibility index (Phi) is 3.59. The molecule has 0 aromatic carbocycles. The fraction of sp³-hybridized carbons (Fsp3) is 0.600. The van der Waals surface area contributed by atoms with Gasteiger partial charge in [-0.3, -0.25) is 14.4 Å². The Hall–Kier alpha value is -2.12. The first-order valence-electron chi connectivity index (χ1n) is 5.13. The van der Waals surface area contributed by atoms with Crippen molar-refractivity contribution in [1.29, 1.82) is 0 Å². The molecule has 1 amide bonds. The zero-order valence-corrected chi connectivity index (χ0v) is 10.1. The fourth-order valence-corrected chi connectivity index (χ4v) is 1.46. The number of esters is 2. The molecule has 1 rings (SSSR count). The zero-order chi connectivity index (χ0) is 14.1. The van der Waals surface area contributed by atoms with Crippen molar-refractivity contribution in [3.05, 3.63) is 0 Å². The Morgan fingerprint density at radius 3 is 2.11 bits per heavy atom. The smallest absolute Gasteiger partial charge is 0.405 e. The standard InChI is InChI=1S/C10H13NO7/c1-4(11-9(15)16)6(12)5-7(13)17-10(2,3)18-8(5)14/h4-5,11H,1-3H3,(H,15,16)/t4-/m0/s1. The lowest BCUT2D eigenvalue weighted by Crippen LogP contribution is -2.53. The van der Waals surface area contributed by atoms with Gasteiger partial charge < -0.3 is 19.9 Å². The highest BCUT2D eigenvalue weighted by atomic mass is 16.7. The molecule has 2 N–H and O–H groups in total. The molecule has 0 aliphatic carbocycles. The van der Waals surface area contributed by atoms with Crippen LogP contribution >= 0.6 is 0 Å². The Morgan fingerprint density at radius 1 is 1.28 bits per heavy atom. The molecule has 0 saturated carbocycles. The first-order valence-corrected chi connectivity index (χ1v) is 5.13. The maximum absolute atomic E-state index is 11.7. The summed E-state index contributed by atoms with van der Waals surface area (Å²) in [5.74, 6) is -6.17. The molecule has 18 heavy (non-hydrogen) atoms. The van der Waals surface area contributed by atoms with Gasteiger partial charge in [0.2, 0.25) is 5.92 Å². The lowest BCUT2D eigenvalue weighted by molar-refractivity contribution is -0.238. The van der Waals surface area contributed by atoms with Crippen LogP contribution in [0.25, 0.3) is 0 Å². The van der Waals surface area contributed by atoms with Crippen molar-refractivity contribution < 1.29 is 33.8 Å². The summed E-state index contributed by atoms with van der Waals surface area (Å²) in [6.07, 6.45) is -1.44. The number of Topliss-reactive ketones (excluding diaryl/α,β-unsaturated/α-hetero) is 1. The molecule has 0 unspecified atom stereocenters. The minimum absolute atomic E-state index is 0.914. The van der Waals surface area contributed by atoms with Gasteiger partial charge in [-0.15, -0.1) is 0 Å². The van der Waals surface area contributed by atoms with Crippen LogP contribution in [0.3, 0.4) is 0 Å². The molecule has 1 aliphatic rings. The normalized spacial score (nSPS) is 20.6. The van der Waals surface area contributed by atoms with Crippen LogP contribution < -0.4 is 5.32 Å². The number of hydrogen-bond donors (Lipinski definition) is 2. The quantitative estimate of drug-likeness (QED) is 0.525. The van der Waals surface area contributed by atoms with Crippen molar-refractivity contribution in [2.75, 3.05) is 0 Å². The monoisotopic (exact) mass is 259 g/mol. The third kappa shape index (κ3) is 2.96. The number of carboxylic acid groups (broad SMARTS) is 1. The van der Waals surface area contributed by atoms with E-state index in [0.717, 1.165) is 0 Å². The third-order valence-corrected chi connectivity index (χ3v) is 2.22. The highest BCUT2D eigenvalue weighted by molar-refractivity contribution is 6.17. The molecule has 8 nitrogen and oxygen atoms in total. The minimum Gasteiger partial charge on any atom is -0.465 e. The third-order valence-electron chi connectivity index (χ3n) is 2.22. The summed E-state index contributed by atoms with van der Waals surface area (Å²) in [5.41, 5.74) is 0. The highest BCUT2D eigenvalue weighted by Gasteiger charge is 2.48. The van der Waals surface area contributed by atoms with E-state index in [1.165, 1.54) is 20.8 Å². The molecule has 0 radical (unpaired) electrons. The fourth-order valence-electron chi connectivity index (χ4n) is 1.46. The van der Waals surface area contributed by atoms with E-state index in [1.807, 2.05) is 5.32 Å². The molecule has 0 aromatic heterocycles. The molecule has 0 bridgehead atoms. The van der Waals surface area contributed by atoms with Crippen LogP contribution in [-0.2, 0) is 23.9 Å². The van der Waals surface area contributed by atoms with E-state index >= 15 is 0 Å². The molecule has 0 spiro atoms. The lowest BCUT2D eigenvalue weighted by Gasteiger charge is -2.32. The largest absolute Gasteiger partial charge is 0.465 e. The van der Waals surface area contributed by atoms with Crippen LogP contribution in [-0.4, -0.2) is 40.8 Å². The summed E-state index contributed by atoms with van der Waals surface area (Å²) in [7, 11) is 0. The molecule has 100 valence electrons. The number of cyclic esters (lactones) is 2. The van der Waals surface area contributed by atoms with E-state index < -0.39 is 41.6 Å². The second kappa shape index (κ2) is 4.63. The average Bonchev–Trinajstić information content (AvgIpc) is 2.12. The molecule has 1 heterocycles. The van der Waals surface area contributed by atoms with E-state index in [1.54, 1.807) is 0 Å². The second-order valence-corrected chi connectivity index (χ2v) is 4.25. The predicted octanol–water partition coefficient (Wildman–Crippen LogP) is -0.336. The Balaban J connectivity index is 2.83. The summed E-state index contributed by atoms with van der Waals surface area (Å²) in [6.45, 7) is 3.92. The molecule has 1 saturated heterocycles. The van der Waals surface area contributed by atoms with Crippen molar-refractivity contribution in [1.82, 2.24) is 5.32 Å². The Labute approximate surface area is 102 Å². The van der Waals surface area contributed by atoms with Gasteiger partial charge in [0.1, 0.15) is 0 Å². The molecular formula is C10H13NO7. The summed E-state index contributed by atoms with van der Waals surface area (Å²) in [5, 5.41) is 10.3. The molecule has 1 fully saturated rings. The maximum Gasteiger partial charge on any atom is 0.405 e. The highest BCUT2D eigenvalue weighted by Crippen LogP contribution is 2.24. The maximum atomic E-state index is 11.7. The van der Waals surface area contributed by atoms with E-state index in [9.17, 15) is 19.2 Å². The van der Waals surface area contributed by atoms with Crippen LogP contribution in [0.1, 0.15) is 20.8 Å². The van der Waals surface area contributed by atoms with Gasteiger partial charge in [0.05, 0.1) is 6.04 Å². The van der Waals surface area contributed by atoms with Crippen molar-refractivity contribution in [2.24, 2.45) is 5.92 Å². The molecule has 0 aromatic rings. The number of carbonyl (C=O) groups excluding carboxylic acids is 3. The van der Waals surface area contributed by atoms with Crippen molar-refractivity contribution in [3.63, 3.8) is 0 Å². The van der Waals surface area contributed by atoms with Crippen LogP contribution in [0.4, 0.5) is 4.79 Å². The topological polar surface area (TPSA) is 119 Å². The number of amides is 1. The van der Waals surface area contributed by atoms with Gasteiger partial charge in [0.15, 0.2) is 5.78 Å². The van der Waals surface area contributed by atoms with Gasteiger partial charge in [-0.2, -0.15) is 0 Å². The number of hydrogen-bond acceptors (Lipinski definition) is 6. The van der Waals surface area contributed by atoms with E-state index in [4.69, 9.17) is 14.6 Å². The molecule has 1 atom stereocenters. The Bertz CT molecular complexity index is 394. The first-order chi connectivity index (χ1) is 8.14. The SMILES string of the molecule is C[C@H](NC(=O)O)C(=O)C1C(=O)OC(C)(C)OC1=O. The second-order valence-electron chi connectivity index (χ2n) is 4.25. The van der Waals surface area contributed by atoms with E-state index in [0.29, 0.717) is 0 Å². The van der Waals surface area contributed by atoms with Crippen molar-refractivity contribution in [3.8, 4) is 0 Å². The molecule has 8 heteroatoms. The number of nitrogens with one attached hydrogen (secondary N) is 1. The number of ether oxygens (including phenoxy) is 2. The van der Waals surface area contributed by atoms with Crippen molar-refractivity contribution >= 4 is 23.8 Å². The van der Waals surface area contributed by atoms with Gasteiger partial charge in [-0.1, -0.05) is 0 Å². The van der Waals surface area contributed by atoms with Crippen LogP contribution in [0.5, 0.6) is 0 Å².